The van der Waals surface area contributed by atoms with Crippen molar-refractivity contribution in [2.45, 2.75) is 13.3 Å². The first-order chi connectivity index (χ1) is 6.43. The Kier molecular flexibility index (Phi) is 3.21. The summed E-state index contributed by atoms with van der Waals surface area (Å²) in [7, 11) is 0. The van der Waals surface area contributed by atoms with Crippen molar-refractivity contribution in [2.75, 3.05) is 0 Å². The van der Waals surface area contributed by atoms with Crippen molar-refractivity contribution in [2.24, 2.45) is 0 Å². The molecule has 0 radical (unpaired) electrons. The molecule has 0 spiro atoms. The topological polar surface area (TPSA) is 37.3 Å². The van der Waals surface area contributed by atoms with Gasteiger partial charge in [-0.3, -0.25) is 4.79 Å². The Labute approximate surface area is 87.7 Å². The minimum absolute atomic E-state index is 0.0395. The van der Waals surface area contributed by atoms with Crippen LogP contribution >= 0.6 is 15.9 Å². The number of alkyl halides is 2. The predicted molar refractivity (Wildman–Crippen MR) is 50.8 cm³/mol. The molecule has 1 aromatic carbocycles. The summed E-state index contributed by atoms with van der Waals surface area (Å²) in [5.74, 6) is -0.719. The van der Waals surface area contributed by atoms with Crippen LogP contribution in [0.2, 0.25) is 0 Å². The average Bonchev–Trinajstić information content (AvgIpc) is 2.01. The summed E-state index contributed by atoms with van der Waals surface area (Å²) in [6.45, 7) is 1.17. The van der Waals surface area contributed by atoms with Crippen LogP contribution in [-0.2, 0) is 0 Å². The summed E-state index contributed by atoms with van der Waals surface area (Å²) in [6.07, 6.45) is -2.75. The molecule has 0 heterocycles. The van der Waals surface area contributed by atoms with Gasteiger partial charge in [-0.05, 0) is 19.1 Å². The minimum Gasteiger partial charge on any atom is -0.508 e. The van der Waals surface area contributed by atoms with Crippen molar-refractivity contribution in [3.05, 3.63) is 27.7 Å². The molecule has 0 atom stereocenters. The Balaban J connectivity index is 3.44. The van der Waals surface area contributed by atoms with E-state index >= 15 is 0 Å². The zero-order valence-electron chi connectivity index (χ0n) is 7.22. The third kappa shape index (κ3) is 2.09. The van der Waals surface area contributed by atoms with Gasteiger partial charge in [0.15, 0.2) is 5.78 Å². The molecule has 2 nitrogen and oxygen atoms in total. The third-order valence-corrected chi connectivity index (χ3v) is 2.37. The molecule has 0 saturated carbocycles. The van der Waals surface area contributed by atoms with Gasteiger partial charge in [0.1, 0.15) is 5.75 Å². The van der Waals surface area contributed by atoms with Gasteiger partial charge in [0.2, 0.25) is 0 Å². The molecule has 0 aromatic heterocycles. The van der Waals surface area contributed by atoms with E-state index in [1.807, 2.05) is 0 Å². The van der Waals surface area contributed by atoms with Crippen molar-refractivity contribution in [3.63, 3.8) is 0 Å². The Morgan fingerprint density at radius 2 is 2.07 bits per heavy atom. The van der Waals surface area contributed by atoms with Crippen LogP contribution < -0.4 is 0 Å². The zero-order valence-corrected chi connectivity index (χ0v) is 8.81. The second kappa shape index (κ2) is 4.04. The van der Waals surface area contributed by atoms with Gasteiger partial charge >= 0.3 is 0 Å². The molecule has 0 amide bonds. The number of rotatable bonds is 2. The number of benzene rings is 1. The van der Waals surface area contributed by atoms with Gasteiger partial charge < -0.3 is 5.11 Å². The lowest BCUT2D eigenvalue weighted by Crippen LogP contribution is -2.01. The van der Waals surface area contributed by atoms with Crippen molar-refractivity contribution in [1.29, 1.82) is 0 Å². The molecule has 0 aliphatic carbocycles. The number of carbonyl (C=O) groups excluding carboxylic acids is 1. The molecule has 0 fully saturated rings. The fraction of sp³-hybridized carbons (Fsp3) is 0.222. The number of Topliss-reactive ketones (excluding diaryl/α,β-unsaturated/α-hetero) is 1. The van der Waals surface area contributed by atoms with Crippen LogP contribution in [0.5, 0.6) is 5.75 Å². The summed E-state index contributed by atoms with van der Waals surface area (Å²) in [5.41, 5.74) is -0.540. The van der Waals surface area contributed by atoms with Crippen molar-refractivity contribution in [1.82, 2.24) is 0 Å². The number of halogens is 3. The van der Waals surface area contributed by atoms with E-state index in [0.29, 0.717) is 0 Å². The van der Waals surface area contributed by atoms with E-state index in [1.54, 1.807) is 0 Å². The molecule has 1 rings (SSSR count). The first-order valence-corrected chi connectivity index (χ1v) is 4.54. The zero-order chi connectivity index (χ0) is 10.9. The quantitative estimate of drug-likeness (QED) is 0.833. The lowest BCUT2D eigenvalue weighted by Gasteiger charge is -2.08. The Hall–Kier alpha value is -0.970. The number of carbonyl (C=O) groups is 1. The van der Waals surface area contributed by atoms with Crippen LogP contribution in [0.4, 0.5) is 8.78 Å². The maximum absolute atomic E-state index is 12.5. The van der Waals surface area contributed by atoms with Crippen molar-refractivity contribution < 1.29 is 18.7 Å². The monoisotopic (exact) mass is 264 g/mol. The molecule has 0 aliphatic heterocycles. The van der Waals surface area contributed by atoms with Crippen molar-refractivity contribution >= 4 is 21.7 Å². The van der Waals surface area contributed by atoms with Gasteiger partial charge in [0.25, 0.3) is 6.43 Å². The van der Waals surface area contributed by atoms with Crippen LogP contribution in [0.15, 0.2) is 16.6 Å². The molecule has 76 valence electrons. The van der Waals surface area contributed by atoms with Gasteiger partial charge in [-0.15, -0.1) is 0 Å². The highest BCUT2D eigenvalue weighted by Crippen LogP contribution is 2.33. The van der Waals surface area contributed by atoms with Gasteiger partial charge in [-0.25, -0.2) is 8.78 Å². The second-order valence-electron chi connectivity index (χ2n) is 2.75. The van der Waals surface area contributed by atoms with E-state index in [-0.39, 0.29) is 21.3 Å². The molecular weight excluding hydrogens is 258 g/mol. The third-order valence-electron chi connectivity index (χ3n) is 1.71. The lowest BCUT2D eigenvalue weighted by molar-refractivity contribution is 0.0998. The van der Waals surface area contributed by atoms with E-state index < -0.39 is 12.2 Å². The highest BCUT2D eigenvalue weighted by atomic mass is 79.9. The largest absolute Gasteiger partial charge is 0.508 e. The number of hydrogen-bond acceptors (Lipinski definition) is 2. The number of phenolic OH excluding ortho intramolecular Hbond substituents is 1. The van der Waals surface area contributed by atoms with Crippen LogP contribution in [0, 0.1) is 0 Å². The number of ketones is 1. The highest BCUT2D eigenvalue weighted by molar-refractivity contribution is 9.10. The summed E-state index contributed by atoms with van der Waals surface area (Å²) in [6, 6.07) is 2.17. The van der Waals surface area contributed by atoms with E-state index in [2.05, 4.69) is 15.9 Å². The van der Waals surface area contributed by atoms with E-state index in [0.717, 1.165) is 12.1 Å². The maximum Gasteiger partial charge on any atom is 0.265 e. The minimum atomic E-state index is -2.75. The highest BCUT2D eigenvalue weighted by Gasteiger charge is 2.20. The number of phenols is 1. The molecule has 1 aromatic rings. The maximum atomic E-state index is 12.5. The van der Waals surface area contributed by atoms with Crippen LogP contribution in [0.25, 0.3) is 0 Å². The van der Waals surface area contributed by atoms with Crippen LogP contribution in [0.1, 0.15) is 29.3 Å². The Bertz CT molecular complexity index is 377. The molecule has 14 heavy (non-hydrogen) atoms. The summed E-state index contributed by atoms with van der Waals surface area (Å²) in [4.78, 5) is 11.0. The van der Waals surface area contributed by atoms with Crippen LogP contribution in [-0.4, -0.2) is 10.9 Å². The molecule has 0 saturated heterocycles. The first kappa shape index (κ1) is 11.1. The fourth-order valence-corrected chi connectivity index (χ4v) is 1.74. The number of aromatic hydroxyl groups is 1. The van der Waals surface area contributed by atoms with Gasteiger partial charge in [-0.2, -0.15) is 0 Å². The molecule has 0 bridgehead atoms. The van der Waals surface area contributed by atoms with Gasteiger partial charge in [0, 0.05) is 15.6 Å². The molecular formula is C9H7BrF2O2. The summed E-state index contributed by atoms with van der Waals surface area (Å²) < 4.78 is 25.1. The SMILES string of the molecule is CC(=O)c1cc(O)cc(Br)c1C(F)F. The van der Waals surface area contributed by atoms with E-state index in [1.165, 1.54) is 6.92 Å². The Morgan fingerprint density at radius 3 is 2.50 bits per heavy atom. The molecule has 0 aliphatic rings. The molecule has 0 unspecified atom stereocenters. The molecule has 5 heteroatoms. The van der Waals surface area contributed by atoms with Crippen LogP contribution in [0.3, 0.4) is 0 Å². The predicted octanol–water partition coefficient (Wildman–Crippen LogP) is 3.29. The number of hydrogen-bond donors (Lipinski definition) is 1. The average molecular weight is 265 g/mol. The van der Waals surface area contributed by atoms with E-state index in [4.69, 9.17) is 5.11 Å². The fourth-order valence-electron chi connectivity index (χ4n) is 1.12. The lowest BCUT2D eigenvalue weighted by atomic mass is 10.0. The van der Waals surface area contributed by atoms with Gasteiger partial charge in [0.05, 0.1) is 0 Å². The van der Waals surface area contributed by atoms with Crippen molar-refractivity contribution in [3.8, 4) is 5.75 Å². The van der Waals surface area contributed by atoms with Gasteiger partial charge in [-0.1, -0.05) is 15.9 Å². The van der Waals surface area contributed by atoms with E-state index in [9.17, 15) is 13.6 Å². The normalized spacial score (nSPS) is 10.6. The Morgan fingerprint density at radius 1 is 1.50 bits per heavy atom. The molecule has 1 N–H and O–H groups in total. The standard InChI is InChI=1S/C9H7BrF2O2/c1-4(13)6-2-5(14)3-7(10)8(6)9(11)12/h2-3,9,14H,1H3. The summed E-state index contributed by atoms with van der Waals surface area (Å²) >= 11 is 2.87. The first-order valence-electron chi connectivity index (χ1n) is 3.75. The second-order valence-corrected chi connectivity index (χ2v) is 3.60. The smallest absolute Gasteiger partial charge is 0.265 e. The summed E-state index contributed by atoms with van der Waals surface area (Å²) in [5, 5.41) is 9.12.